The van der Waals surface area contributed by atoms with Gasteiger partial charge < -0.3 is 9.05 Å². The van der Waals surface area contributed by atoms with Crippen LogP contribution in [0.4, 0.5) is 0 Å². The van der Waals surface area contributed by atoms with Crippen molar-refractivity contribution in [3.05, 3.63) is 113 Å². The van der Waals surface area contributed by atoms with E-state index in [0.717, 1.165) is 0 Å². The van der Waals surface area contributed by atoms with Gasteiger partial charge in [-0.2, -0.15) is 0 Å². The maximum absolute atomic E-state index is 2.84. The van der Waals surface area contributed by atoms with Crippen molar-refractivity contribution in [1.29, 1.82) is 0 Å². The lowest BCUT2D eigenvalue weighted by Gasteiger charge is -2.42. The topological polar surface area (TPSA) is 9.86 Å². The van der Waals surface area contributed by atoms with Crippen LogP contribution < -0.4 is 10.9 Å². The van der Waals surface area contributed by atoms with Crippen LogP contribution in [-0.2, 0) is 27.1 Å². The summed E-state index contributed by atoms with van der Waals surface area (Å²) >= 11 is 0. The van der Waals surface area contributed by atoms with Crippen LogP contribution in [-0.4, -0.2) is 15.9 Å². The van der Waals surface area contributed by atoms with Crippen LogP contribution in [0, 0.1) is 0 Å². The Morgan fingerprint density at radius 2 is 1.17 bits per heavy atom. The molecule has 0 radical (unpaired) electrons. The normalized spacial score (nSPS) is 17.0. The van der Waals surface area contributed by atoms with Gasteiger partial charge in [0, 0.05) is 54.6 Å². The third-order valence-corrected chi connectivity index (χ3v) is 15.4. The monoisotopic (exact) mass is 768 g/mol. The quantitative estimate of drug-likeness (QED) is 0.107. The summed E-state index contributed by atoms with van der Waals surface area (Å²) in [6.07, 6.45) is 2.36. The second-order valence-electron chi connectivity index (χ2n) is 23.3. The van der Waals surface area contributed by atoms with E-state index in [4.69, 9.17) is 0 Å². The summed E-state index contributed by atoms with van der Waals surface area (Å²) < 4.78 is 5.63. The minimum atomic E-state index is -0.0291. The second-order valence-corrected chi connectivity index (χ2v) is 23.3. The number of benzene rings is 7. The molecule has 0 spiro atoms. The summed E-state index contributed by atoms with van der Waals surface area (Å²) in [5.41, 5.74) is 18.7. The summed E-state index contributed by atoms with van der Waals surface area (Å²) in [4.78, 5) is 0. The Morgan fingerprint density at radius 3 is 1.85 bits per heavy atom. The lowest BCUT2D eigenvalue weighted by atomic mass is 9.45. The van der Waals surface area contributed by atoms with E-state index in [-0.39, 0.29) is 33.9 Å². The molecule has 0 N–H and O–H groups in total. The lowest BCUT2D eigenvalue weighted by Crippen LogP contribution is -2.55. The van der Waals surface area contributed by atoms with Crippen molar-refractivity contribution in [3.8, 4) is 16.8 Å². The average Bonchev–Trinajstić information content (AvgIpc) is 3.70. The highest BCUT2D eigenvalue weighted by Crippen LogP contribution is 2.55. The Labute approximate surface area is 350 Å². The molecular weight excluding hydrogens is 711 g/mol. The van der Waals surface area contributed by atoms with Gasteiger partial charge in [0.15, 0.2) is 0 Å². The van der Waals surface area contributed by atoms with Crippen LogP contribution >= 0.6 is 0 Å². The predicted octanol–water partition coefficient (Wildman–Crippen LogP) is 13.8. The van der Waals surface area contributed by atoms with E-state index in [1.165, 1.54) is 128 Å². The van der Waals surface area contributed by atoms with E-state index < -0.39 is 0 Å². The van der Waals surface area contributed by atoms with Gasteiger partial charge in [-0.05, 0) is 119 Å². The molecule has 2 aromatic heterocycles. The van der Waals surface area contributed by atoms with E-state index in [0.29, 0.717) is 0 Å². The first kappa shape index (κ1) is 35.9. The fraction of sp³-hybridized carbons (Fsp3) is 0.357. The van der Waals surface area contributed by atoms with Gasteiger partial charge in [0.25, 0.3) is 0 Å². The Balaban J connectivity index is 1.38. The SMILES string of the molecule is CC(C)(C)c1cc2ccc3c4c5c(c6ccc(c1)c2c36)-n1c2c(c3cccc(c31)B5n1c3ccc(C(C)(C)C)cc3c3cc(C(C)(C)C)cc-4c31)C(C)(C)CCC2(C)C. The Kier molecular flexibility index (Phi) is 6.47. The molecule has 294 valence electrons. The molecule has 2 aliphatic heterocycles. The van der Waals surface area contributed by atoms with Gasteiger partial charge in [0.05, 0.1) is 11.2 Å². The van der Waals surface area contributed by atoms with Gasteiger partial charge in [-0.1, -0.05) is 151 Å². The molecule has 7 aromatic carbocycles. The standard InChI is InChI=1S/C56H57BN2/c1-52(2,3)32-19-22-42-38(27-32)39-28-34(54(7,8)9)29-40-45-35-20-17-30-25-33(53(4,5)6)26-31-18-21-36(44(35)43(30)31)50-47(45)57(59(42)48(39)40)41-16-14-15-37-46-51(58(50)49(37)41)56(12,13)24-23-55(46,10)11/h14-22,25-29H,23-24H2,1-13H3. The number of fused-ring (bicyclic) bond motifs is 12. The molecule has 0 atom stereocenters. The molecule has 3 aliphatic rings. The van der Waals surface area contributed by atoms with Crippen molar-refractivity contribution in [2.24, 2.45) is 0 Å². The number of nitrogens with zero attached hydrogens (tertiary/aromatic N) is 2. The molecule has 0 amide bonds. The number of hydrogen-bond acceptors (Lipinski definition) is 0. The minimum Gasteiger partial charge on any atom is -0.375 e. The summed E-state index contributed by atoms with van der Waals surface area (Å²) in [6, 6.07) is 34.7. The van der Waals surface area contributed by atoms with Crippen LogP contribution in [0.25, 0.3) is 81.8 Å². The zero-order valence-corrected chi connectivity index (χ0v) is 37.5. The van der Waals surface area contributed by atoms with Crippen molar-refractivity contribution in [2.75, 3.05) is 0 Å². The van der Waals surface area contributed by atoms with Gasteiger partial charge in [-0.15, -0.1) is 0 Å². The molecule has 59 heavy (non-hydrogen) atoms. The Hall–Kier alpha value is -5.02. The lowest BCUT2D eigenvalue weighted by molar-refractivity contribution is 0.325. The largest absolute Gasteiger partial charge is 0.375 e. The molecule has 0 unspecified atom stereocenters. The third-order valence-electron chi connectivity index (χ3n) is 15.4. The highest BCUT2D eigenvalue weighted by molar-refractivity contribution is 6.90. The van der Waals surface area contributed by atoms with E-state index >= 15 is 0 Å². The number of rotatable bonds is 0. The summed E-state index contributed by atoms with van der Waals surface area (Å²) in [6.45, 7) is 31.4. The fourth-order valence-electron chi connectivity index (χ4n) is 12.2. The molecule has 9 aromatic rings. The van der Waals surface area contributed by atoms with Crippen molar-refractivity contribution < 1.29 is 0 Å². The summed E-state index contributed by atoms with van der Waals surface area (Å²) in [7, 11) is 0. The molecule has 2 nitrogen and oxygen atoms in total. The zero-order chi connectivity index (χ0) is 41.2. The zero-order valence-electron chi connectivity index (χ0n) is 37.5. The molecule has 12 rings (SSSR count). The number of hydrogen-bond donors (Lipinski definition) is 0. The average molecular weight is 769 g/mol. The molecular formula is C56H57BN2. The van der Waals surface area contributed by atoms with Crippen molar-refractivity contribution >= 4 is 82.8 Å². The third kappa shape index (κ3) is 4.40. The Bertz CT molecular complexity index is 3360. The summed E-state index contributed by atoms with van der Waals surface area (Å²) in [5.74, 6) is 0. The molecule has 0 saturated carbocycles. The van der Waals surface area contributed by atoms with E-state index in [9.17, 15) is 0 Å². The van der Waals surface area contributed by atoms with E-state index in [2.05, 4.69) is 184 Å². The van der Waals surface area contributed by atoms with Gasteiger partial charge in [-0.25, -0.2) is 0 Å². The fourth-order valence-corrected chi connectivity index (χ4v) is 12.2. The number of para-hydroxylation sites is 1. The smallest absolute Gasteiger partial charge is 0.333 e. The summed E-state index contributed by atoms with van der Waals surface area (Å²) in [5, 5.41) is 12.5. The van der Waals surface area contributed by atoms with Crippen LogP contribution in [0.5, 0.6) is 0 Å². The first-order chi connectivity index (χ1) is 27.7. The van der Waals surface area contributed by atoms with E-state index in [1.54, 1.807) is 5.56 Å². The van der Waals surface area contributed by atoms with Crippen molar-refractivity contribution in [3.63, 3.8) is 0 Å². The van der Waals surface area contributed by atoms with Gasteiger partial charge >= 0.3 is 6.85 Å². The highest BCUT2D eigenvalue weighted by atomic mass is 15.0. The molecule has 1 aliphatic carbocycles. The van der Waals surface area contributed by atoms with Gasteiger partial charge in [-0.3, -0.25) is 0 Å². The van der Waals surface area contributed by atoms with Crippen molar-refractivity contribution in [2.45, 2.75) is 130 Å². The first-order valence-corrected chi connectivity index (χ1v) is 22.3. The highest BCUT2D eigenvalue weighted by Gasteiger charge is 2.49. The van der Waals surface area contributed by atoms with Crippen molar-refractivity contribution in [1.82, 2.24) is 9.05 Å². The second kappa shape index (κ2) is 10.6. The molecule has 0 fully saturated rings. The minimum absolute atomic E-state index is 0.00912. The van der Waals surface area contributed by atoms with E-state index in [1.807, 2.05) is 0 Å². The van der Waals surface area contributed by atoms with Crippen LogP contribution in [0.2, 0.25) is 0 Å². The predicted molar refractivity (Wildman–Crippen MR) is 257 cm³/mol. The van der Waals surface area contributed by atoms with Gasteiger partial charge in [0.1, 0.15) is 0 Å². The molecule has 3 heteroatoms. The first-order valence-electron chi connectivity index (χ1n) is 22.3. The molecule has 0 bridgehead atoms. The Morgan fingerprint density at radius 1 is 0.542 bits per heavy atom. The number of aromatic nitrogens is 2. The van der Waals surface area contributed by atoms with Crippen LogP contribution in [0.1, 0.15) is 131 Å². The van der Waals surface area contributed by atoms with Crippen LogP contribution in [0.3, 0.4) is 0 Å². The maximum atomic E-state index is 2.84. The molecule has 4 heterocycles. The molecule has 0 saturated heterocycles. The van der Waals surface area contributed by atoms with Gasteiger partial charge in [0.2, 0.25) is 0 Å². The van der Waals surface area contributed by atoms with Crippen LogP contribution in [0.15, 0.2) is 84.9 Å². The maximum Gasteiger partial charge on any atom is 0.333 e.